The molecule has 0 bridgehead atoms. The van der Waals surface area contributed by atoms with Gasteiger partial charge in [0.25, 0.3) is 0 Å². The van der Waals surface area contributed by atoms with Gasteiger partial charge in [-0.05, 0) is 23.8 Å². The minimum Gasteiger partial charge on any atom is -0.298 e. The van der Waals surface area contributed by atoms with Crippen LogP contribution >= 0.6 is 0 Å². The Hall–Kier alpha value is -2.62. The first kappa shape index (κ1) is 12.4. The van der Waals surface area contributed by atoms with E-state index in [-0.39, 0.29) is 0 Å². The smallest absolute Gasteiger partial charge is 0.150 e. The standard InChI is InChI=1S/C16H9F2NO/c17-13-6-12(7-14(18)8-13)15-11(9-20)4-3-10-2-1-5-19-16(10)15/h1-9H. The van der Waals surface area contributed by atoms with Gasteiger partial charge < -0.3 is 0 Å². The summed E-state index contributed by atoms with van der Waals surface area (Å²) in [6.07, 6.45) is 2.24. The van der Waals surface area contributed by atoms with Crippen LogP contribution < -0.4 is 0 Å². The van der Waals surface area contributed by atoms with Crippen molar-refractivity contribution < 1.29 is 13.6 Å². The van der Waals surface area contributed by atoms with Crippen LogP contribution in [0.3, 0.4) is 0 Å². The number of benzene rings is 2. The second-order valence-electron chi connectivity index (χ2n) is 4.38. The number of rotatable bonds is 2. The Balaban J connectivity index is 2.41. The highest BCUT2D eigenvalue weighted by Gasteiger charge is 2.12. The number of pyridine rings is 1. The molecular weight excluding hydrogens is 260 g/mol. The Morgan fingerprint density at radius 2 is 1.75 bits per heavy atom. The molecule has 0 saturated heterocycles. The highest BCUT2D eigenvalue weighted by atomic mass is 19.1. The van der Waals surface area contributed by atoms with Crippen LogP contribution in [0.5, 0.6) is 0 Å². The lowest BCUT2D eigenvalue weighted by Gasteiger charge is -2.09. The molecular formula is C16H9F2NO. The van der Waals surface area contributed by atoms with Crippen LogP contribution in [-0.2, 0) is 0 Å². The monoisotopic (exact) mass is 269 g/mol. The van der Waals surface area contributed by atoms with Crippen molar-refractivity contribution in [3.8, 4) is 11.1 Å². The maximum Gasteiger partial charge on any atom is 0.150 e. The summed E-state index contributed by atoms with van der Waals surface area (Å²) in [6.45, 7) is 0. The third-order valence-electron chi connectivity index (χ3n) is 3.09. The average molecular weight is 269 g/mol. The fraction of sp³-hybridized carbons (Fsp3) is 0. The van der Waals surface area contributed by atoms with Gasteiger partial charge in [0.05, 0.1) is 5.52 Å². The first-order valence-electron chi connectivity index (χ1n) is 5.98. The predicted molar refractivity (Wildman–Crippen MR) is 72.5 cm³/mol. The molecule has 2 nitrogen and oxygen atoms in total. The molecule has 3 aromatic rings. The Morgan fingerprint density at radius 1 is 1.00 bits per heavy atom. The number of halogens is 2. The summed E-state index contributed by atoms with van der Waals surface area (Å²) in [4.78, 5) is 15.4. The lowest BCUT2D eigenvalue weighted by atomic mass is 9.96. The molecule has 4 heteroatoms. The van der Waals surface area contributed by atoms with Crippen LogP contribution in [0.2, 0.25) is 0 Å². The molecule has 0 aliphatic rings. The maximum atomic E-state index is 13.4. The van der Waals surface area contributed by atoms with Gasteiger partial charge in [0.1, 0.15) is 11.6 Å². The van der Waals surface area contributed by atoms with Crippen molar-refractivity contribution in [3.05, 3.63) is 65.9 Å². The quantitative estimate of drug-likeness (QED) is 0.658. The summed E-state index contributed by atoms with van der Waals surface area (Å²) in [5, 5.41) is 0.803. The number of nitrogens with zero attached hydrogens (tertiary/aromatic N) is 1. The van der Waals surface area contributed by atoms with E-state index in [1.165, 1.54) is 12.1 Å². The summed E-state index contributed by atoms with van der Waals surface area (Å²) in [7, 11) is 0. The molecule has 0 saturated carbocycles. The second-order valence-corrected chi connectivity index (χ2v) is 4.38. The van der Waals surface area contributed by atoms with Crippen molar-refractivity contribution in [1.29, 1.82) is 0 Å². The number of fused-ring (bicyclic) bond motifs is 1. The molecule has 0 amide bonds. The van der Waals surface area contributed by atoms with Gasteiger partial charge in [0.15, 0.2) is 6.29 Å². The Labute approximate surface area is 113 Å². The molecule has 0 unspecified atom stereocenters. The van der Waals surface area contributed by atoms with Crippen molar-refractivity contribution in [2.75, 3.05) is 0 Å². The summed E-state index contributed by atoms with van der Waals surface area (Å²) in [5.74, 6) is -1.38. The molecule has 0 N–H and O–H groups in total. The predicted octanol–water partition coefficient (Wildman–Crippen LogP) is 3.99. The number of aromatic nitrogens is 1. The summed E-state index contributed by atoms with van der Waals surface area (Å²) in [5.41, 5.74) is 1.63. The zero-order valence-electron chi connectivity index (χ0n) is 10.3. The number of hydrogen-bond donors (Lipinski definition) is 0. The third kappa shape index (κ3) is 2.05. The van der Waals surface area contributed by atoms with Gasteiger partial charge in [0, 0.05) is 28.8 Å². The summed E-state index contributed by atoms with van der Waals surface area (Å²) >= 11 is 0. The Kier molecular flexibility index (Phi) is 2.99. The summed E-state index contributed by atoms with van der Waals surface area (Å²) in [6, 6.07) is 10.1. The lowest BCUT2D eigenvalue weighted by molar-refractivity contribution is 0.112. The highest BCUT2D eigenvalue weighted by molar-refractivity contribution is 6.02. The van der Waals surface area contributed by atoms with Crippen molar-refractivity contribution in [1.82, 2.24) is 4.98 Å². The molecule has 0 fully saturated rings. The van der Waals surface area contributed by atoms with E-state index in [2.05, 4.69) is 4.98 Å². The van der Waals surface area contributed by atoms with E-state index >= 15 is 0 Å². The van der Waals surface area contributed by atoms with Crippen molar-refractivity contribution in [3.63, 3.8) is 0 Å². The van der Waals surface area contributed by atoms with Gasteiger partial charge in [-0.2, -0.15) is 0 Å². The van der Waals surface area contributed by atoms with Crippen molar-refractivity contribution >= 4 is 17.2 Å². The molecule has 0 atom stereocenters. The fourth-order valence-corrected chi connectivity index (χ4v) is 2.26. The largest absolute Gasteiger partial charge is 0.298 e. The molecule has 98 valence electrons. The van der Waals surface area contributed by atoms with E-state index in [1.54, 1.807) is 24.4 Å². The van der Waals surface area contributed by atoms with E-state index in [4.69, 9.17) is 0 Å². The van der Waals surface area contributed by atoms with Gasteiger partial charge in [-0.25, -0.2) is 8.78 Å². The van der Waals surface area contributed by atoms with E-state index < -0.39 is 11.6 Å². The number of carbonyl (C=O) groups is 1. The van der Waals surface area contributed by atoms with Gasteiger partial charge in [-0.1, -0.05) is 18.2 Å². The average Bonchev–Trinajstić information content (AvgIpc) is 2.45. The second kappa shape index (κ2) is 4.81. The van der Waals surface area contributed by atoms with Gasteiger partial charge in [-0.15, -0.1) is 0 Å². The molecule has 0 aliphatic heterocycles. The Morgan fingerprint density at radius 3 is 2.45 bits per heavy atom. The van der Waals surface area contributed by atoms with Crippen LogP contribution in [0.15, 0.2) is 48.7 Å². The van der Waals surface area contributed by atoms with Gasteiger partial charge in [0.2, 0.25) is 0 Å². The molecule has 0 aliphatic carbocycles. The minimum atomic E-state index is -0.690. The fourth-order valence-electron chi connectivity index (χ4n) is 2.26. The van der Waals surface area contributed by atoms with Crippen LogP contribution in [0.25, 0.3) is 22.0 Å². The van der Waals surface area contributed by atoms with E-state index in [0.717, 1.165) is 11.5 Å². The molecule has 2 aromatic carbocycles. The number of hydrogen-bond acceptors (Lipinski definition) is 2. The highest BCUT2D eigenvalue weighted by Crippen LogP contribution is 2.31. The third-order valence-corrected chi connectivity index (χ3v) is 3.09. The van der Waals surface area contributed by atoms with E-state index in [1.807, 2.05) is 6.07 Å². The van der Waals surface area contributed by atoms with Crippen LogP contribution in [-0.4, -0.2) is 11.3 Å². The van der Waals surface area contributed by atoms with Crippen molar-refractivity contribution in [2.45, 2.75) is 0 Å². The van der Waals surface area contributed by atoms with E-state index in [9.17, 15) is 13.6 Å². The number of aldehydes is 1. The molecule has 20 heavy (non-hydrogen) atoms. The topological polar surface area (TPSA) is 30.0 Å². The van der Waals surface area contributed by atoms with Crippen LogP contribution in [0, 0.1) is 11.6 Å². The molecule has 1 heterocycles. The zero-order valence-corrected chi connectivity index (χ0v) is 10.3. The molecule has 3 rings (SSSR count). The van der Waals surface area contributed by atoms with Crippen molar-refractivity contribution in [2.24, 2.45) is 0 Å². The van der Waals surface area contributed by atoms with Crippen LogP contribution in [0.1, 0.15) is 10.4 Å². The first-order valence-corrected chi connectivity index (χ1v) is 5.98. The van der Waals surface area contributed by atoms with E-state index in [0.29, 0.717) is 28.5 Å². The molecule has 0 spiro atoms. The van der Waals surface area contributed by atoms with Gasteiger partial charge in [-0.3, -0.25) is 9.78 Å². The summed E-state index contributed by atoms with van der Waals surface area (Å²) < 4.78 is 26.8. The zero-order chi connectivity index (χ0) is 14.1. The molecule has 0 radical (unpaired) electrons. The maximum absolute atomic E-state index is 13.4. The minimum absolute atomic E-state index is 0.300. The lowest BCUT2D eigenvalue weighted by Crippen LogP contribution is -1.93. The Bertz CT molecular complexity index is 794. The first-order chi connectivity index (χ1) is 9.69. The van der Waals surface area contributed by atoms with Crippen LogP contribution in [0.4, 0.5) is 8.78 Å². The molecule has 1 aromatic heterocycles. The number of carbonyl (C=O) groups excluding carboxylic acids is 1. The SMILES string of the molecule is O=Cc1ccc2cccnc2c1-c1cc(F)cc(F)c1. The van der Waals surface area contributed by atoms with Gasteiger partial charge >= 0.3 is 0 Å². The normalized spacial score (nSPS) is 10.7.